The minimum absolute atomic E-state index is 0. The molecule has 2 unspecified atom stereocenters. The number of hydrogen-bond donors (Lipinski definition) is 1. The molecule has 0 aliphatic heterocycles. The van der Waals surface area contributed by atoms with Gasteiger partial charge in [0.05, 0.1) is 7.11 Å². The molecular formula is C21H35ClN2O2. The molecule has 0 aromatic heterocycles. The number of nitrogens with one attached hydrogen (secondary N) is 1. The van der Waals surface area contributed by atoms with Gasteiger partial charge < -0.3 is 15.0 Å². The minimum Gasteiger partial charge on any atom is -0.496 e. The Morgan fingerprint density at radius 3 is 2.65 bits per heavy atom. The third kappa shape index (κ3) is 5.88. The normalized spacial score (nSPS) is 17.0. The molecule has 1 aromatic rings. The molecule has 0 bridgehead atoms. The second kappa shape index (κ2) is 11.5. The van der Waals surface area contributed by atoms with Gasteiger partial charge in [0.25, 0.3) is 0 Å². The number of nitrogens with zero attached hydrogens (tertiary/aromatic N) is 1. The fraction of sp³-hybridized carbons (Fsp3) is 0.667. The average Bonchev–Trinajstić information content (AvgIpc) is 2.65. The molecule has 0 saturated carbocycles. The predicted octanol–water partition coefficient (Wildman–Crippen LogP) is 3.99. The van der Waals surface area contributed by atoms with Gasteiger partial charge in [0.2, 0.25) is 5.91 Å². The molecule has 26 heavy (non-hydrogen) atoms. The number of hydrogen-bond acceptors (Lipinski definition) is 3. The van der Waals surface area contributed by atoms with Crippen LogP contribution in [0.4, 0.5) is 0 Å². The minimum atomic E-state index is 0. The maximum absolute atomic E-state index is 12.2. The summed E-state index contributed by atoms with van der Waals surface area (Å²) in [5.74, 6) is 1.29. The molecule has 1 aliphatic rings. The maximum atomic E-state index is 12.2. The van der Waals surface area contributed by atoms with E-state index in [-0.39, 0.29) is 18.3 Å². The lowest BCUT2D eigenvalue weighted by Gasteiger charge is -2.30. The highest BCUT2D eigenvalue weighted by atomic mass is 35.5. The Balaban J connectivity index is 0.00000338. The monoisotopic (exact) mass is 382 g/mol. The van der Waals surface area contributed by atoms with Crippen molar-refractivity contribution in [2.45, 2.75) is 71.4 Å². The van der Waals surface area contributed by atoms with E-state index in [0.717, 1.165) is 50.9 Å². The van der Waals surface area contributed by atoms with Crippen LogP contribution >= 0.6 is 12.4 Å². The number of fused-ring (bicyclic) bond motifs is 1. The number of methoxy groups -OCH3 is 1. The molecule has 1 amide bonds. The second-order valence-corrected chi connectivity index (χ2v) is 6.91. The topological polar surface area (TPSA) is 41.6 Å². The van der Waals surface area contributed by atoms with Crippen LogP contribution < -0.4 is 10.1 Å². The molecule has 0 saturated heterocycles. The van der Waals surface area contributed by atoms with Crippen molar-refractivity contribution in [3.8, 4) is 5.75 Å². The van der Waals surface area contributed by atoms with Gasteiger partial charge >= 0.3 is 0 Å². The summed E-state index contributed by atoms with van der Waals surface area (Å²) >= 11 is 0. The fourth-order valence-corrected chi connectivity index (χ4v) is 3.86. The molecule has 0 heterocycles. The van der Waals surface area contributed by atoms with Gasteiger partial charge in [-0.25, -0.2) is 0 Å². The van der Waals surface area contributed by atoms with Crippen LogP contribution in [-0.2, 0) is 17.6 Å². The first kappa shape index (κ1) is 22.8. The van der Waals surface area contributed by atoms with Gasteiger partial charge in [-0.2, -0.15) is 0 Å². The van der Waals surface area contributed by atoms with Gasteiger partial charge in [-0.15, -0.1) is 12.4 Å². The number of ether oxygens (including phenoxy) is 1. The molecule has 1 aliphatic carbocycles. The first-order valence-electron chi connectivity index (χ1n) is 9.81. The summed E-state index contributed by atoms with van der Waals surface area (Å²) in [5.41, 5.74) is 2.77. The van der Waals surface area contributed by atoms with E-state index in [0.29, 0.717) is 18.5 Å². The van der Waals surface area contributed by atoms with Crippen molar-refractivity contribution >= 4 is 18.3 Å². The van der Waals surface area contributed by atoms with E-state index in [1.54, 1.807) is 7.11 Å². The van der Waals surface area contributed by atoms with Crippen molar-refractivity contribution in [1.82, 2.24) is 10.2 Å². The number of amides is 1. The summed E-state index contributed by atoms with van der Waals surface area (Å²) in [6.45, 7) is 7.90. The van der Waals surface area contributed by atoms with Crippen LogP contribution in [0.3, 0.4) is 0 Å². The van der Waals surface area contributed by atoms with E-state index in [1.165, 1.54) is 11.1 Å². The van der Waals surface area contributed by atoms with Crippen molar-refractivity contribution in [3.05, 3.63) is 29.3 Å². The zero-order chi connectivity index (χ0) is 18.2. The first-order chi connectivity index (χ1) is 12.1. The average molecular weight is 383 g/mol. The van der Waals surface area contributed by atoms with Gasteiger partial charge in [0, 0.05) is 31.6 Å². The van der Waals surface area contributed by atoms with Crippen LogP contribution in [0.2, 0.25) is 0 Å². The number of carbonyl (C=O) groups excluding carboxylic acids is 1. The Hall–Kier alpha value is -1.26. The quantitative estimate of drug-likeness (QED) is 0.702. The summed E-state index contributed by atoms with van der Waals surface area (Å²) in [4.78, 5) is 14.2. The highest BCUT2D eigenvalue weighted by Crippen LogP contribution is 2.29. The van der Waals surface area contributed by atoms with Crippen LogP contribution in [0.15, 0.2) is 18.2 Å². The van der Waals surface area contributed by atoms with E-state index in [2.05, 4.69) is 30.4 Å². The molecule has 1 aromatic carbocycles. The Morgan fingerprint density at radius 1 is 1.31 bits per heavy atom. The summed E-state index contributed by atoms with van der Waals surface area (Å²) in [7, 11) is 1.75. The smallest absolute Gasteiger partial charge is 0.222 e. The molecule has 0 radical (unpaired) electrons. The molecule has 5 heteroatoms. The van der Waals surface area contributed by atoms with Crippen molar-refractivity contribution in [2.24, 2.45) is 0 Å². The van der Waals surface area contributed by atoms with E-state index >= 15 is 0 Å². The summed E-state index contributed by atoms with van der Waals surface area (Å²) in [6.07, 6.45) is 5.88. The Labute approximate surface area is 165 Å². The van der Waals surface area contributed by atoms with Crippen molar-refractivity contribution in [2.75, 3.05) is 20.2 Å². The number of halogens is 1. The van der Waals surface area contributed by atoms with Crippen molar-refractivity contribution in [1.29, 1.82) is 0 Å². The Morgan fingerprint density at radius 2 is 2.04 bits per heavy atom. The highest BCUT2D eigenvalue weighted by Gasteiger charge is 2.23. The SMILES string of the molecule is CCC(CCC(=O)N(CC)CC)NC1CCc2cccc(OC)c2C1.Cl. The van der Waals surface area contributed by atoms with Crippen LogP contribution in [0.25, 0.3) is 0 Å². The van der Waals surface area contributed by atoms with Crippen molar-refractivity contribution in [3.63, 3.8) is 0 Å². The van der Waals surface area contributed by atoms with Gasteiger partial charge in [-0.05, 0) is 63.1 Å². The first-order valence-corrected chi connectivity index (χ1v) is 9.81. The third-order valence-electron chi connectivity index (χ3n) is 5.45. The molecule has 4 nitrogen and oxygen atoms in total. The second-order valence-electron chi connectivity index (χ2n) is 6.91. The van der Waals surface area contributed by atoms with Crippen LogP contribution in [0.5, 0.6) is 5.75 Å². The fourth-order valence-electron chi connectivity index (χ4n) is 3.86. The molecule has 2 rings (SSSR count). The molecule has 1 N–H and O–H groups in total. The summed E-state index contributed by atoms with van der Waals surface area (Å²) in [6, 6.07) is 7.23. The zero-order valence-electron chi connectivity index (χ0n) is 16.7. The van der Waals surface area contributed by atoms with Gasteiger partial charge in [0.15, 0.2) is 0 Å². The lowest BCUT2D eigenvalue weighted by atomic mass is 9.87. The van der Waals surface area contributed by atoms with Crippen LogP contribution in [-0.4, -0.2) is 43.1 Å². The Bertz CT molecular complexity index is 547. The third-order valence-corrected chi connectivity index (χ3v) is 5.45. The zero-order valence-corrected chi connectivity index (χ0v) is 17.5. The standard InChI is InChI=1S/C21H34N2O2.ClH/c1-5-17(13-14-21(24)23(6-2)7-3)22-18-12-11-16-9-8-10-20(25-4)19(16)15-18;/h8-10,17-18,22H,5-7,11-15H2,1-4H3;1H. The summed E-state index contributed by atoms with van der Waals surface area (Å²) < 4.78 is 5.54. The van der Waals surface area contributed by atoms with Crippen LogP contribution in [0, 0.1) is 0 Å². The maximum Gasteiger partial charge on any atom is 0.222 e. The van der Waals surface area contributed by atoms with Gasteiger partial charge in [-0.1, -0.05) is 19.1 Å². The molecule has 148 valence electrons. The largest absolute Gasteiger partial charge is 0.496 e. The van der Waals surface area contributed by atoms with Crippen molar-refractivity contribution < 1.29 is 9.53 Å². The predicted molar refractivity (Wildman–Crippen MR) is 110 cm³/mol. The van der Waals surface area contributed by atoms with Gasteiger partial charge in [-0.3, -0.25) is 4.79 Å². The molecular weight excluding hydrogens is 348 g/mol. The summed E-state index contributed by atoms with van der Waals surface area (Å²) in [5, 5.41) is 3.80. The number of aryl methyl sites for hydroxylation is 1. The van der Waals surface area contributed by atoms with E-state index in [4.69, 9.17) is 4.74 Å². The number of rotatable bonds is 9. The van der Waals surface area contributed by atoms with Gasteiger partial charge in [0.1, 0.15) is 5.75 Å². The van der Waals surface area contributed by atoms with E-state index in [1.807, 2.05) is 18.7 Å². The van der Waals surface area contributed by atoms with E-state index < -0.39 is 0 Å². The lowest BCUT2D eigenvalue weighted by Crippen LogP contribution is -2.42. The van der Waals surface area contributed by atoms with E-state index in [9.17, 15) is 4.79 Å². The molecule has 0 spiro atoms. The number of benzene rings is 1. The highest BCUT2D eigenvalue weighted by molar-refractivity contribution is 5.85. The molecule has 0 fully saturated rings. The molecule has 2 atom stereocenters. The van der Waals surface area contributed by atoms with Crippen LogP contribution in [0.1, 0.15) is 57.6 Å². The Kier molecular flexibility index (Phi) is 10.0. The lowest BCUT2D eigenvalue weighted by molar-refractivity contribution is -0.131. The number of carbonyl (C=O) groups is 1.